The molecule has 3 rings (SSSR count). The van der Waals surface area contributed by atoms with Crippen LogP contribution in [0.5, 0.6) is 0 Å². The lowest BCUT2D eigenvalue weighted by Gasteiger charge is -2.29. The van der Waals surface area contributed by atoms with Crippen molar-refractivity contribution in [1.29, 1.82) is 5.41 Å². The molecule has 2 aliphatic heterocycles. The van der Waals surface area contributed by atoms with Gasteiger partial charge in [-0.2, -0.15) is 9.90 Å². The van der Waals surface area contributed by atoms with Crippen molar-refractivity contribution in [2.45, 2.75) is 64.7 Å². The summed E-state index contributed by atoms with van der Waals surface area (Å²) in [4.78, 5) is 25.1. The van der Waals surface area contributed by atoms with E-state index in [1.165, 1.54) is 6.07 Å². The molecule has 4 N–H and O–H groups in total. The molecule has 0 saturated carbocycles. The van der Waals surface area contributed by atoms with Gasteiger partial charge in [-0.15, -0.1) is 0 Å². The zero-order chi connectivity index (χ0) is 26.0. The lowest BCUT2D eigenvalue weighted by Crippen LogP contribution is -2.41. The van der Waals surface area contributed by atoms with Crippen molar-refractivity contribution < 1.29 is 33.3 Å². The zero-order valence-corrected chi connectivity index (χ0v) is 22.5. The van der Waals surface area contributed by atoms with Crippen LogP contribution in [0.2, 0.25) is 0 Å². The molecular weight excluding hydrogens is 493 g/mol. The van der Waals surface area contributed by atoms with E-state index >= 15 is 0 Å². The second-order valence-corrected chi connectivity index (χ2v) is 8.96. The summed E-state index contributed by atoms with van der Waals surface area (Å²) in [5.74, 6) is -1.95. The summed E-state index contributed by atoms with van der Waals surface area (Å²) in [5.41, 5.74) is 1.03. The normalized spacial score (nSPS) is 16.2. The van der Waals surface area contributed by atoms with Crippen molar-refractivity contribution in [3.63, 3.8) is 0 Å². The fourth-order valence-electron chi connectivity index (χ4n) is 3.72. The number of carboxylic acid groups (broad SMARTS) is 1. The highest BCUT2D eigenvalue weighted by atomic mass is 31.0. The third-order valence-corrected chi connectivity index (χ3v) is 5.71. The van der Waals surface area contributed by atoms with E-state index < -0.39 is 17.6 Å². The van der Waals surface area contributed by atoms with Gasteiger partial charge in [0.2, 0.25) is 0 Å². The summed E-state index contributed by atoms with van der Waals surface area (Å²) in [6.07, 6.45) is 1.81. The largest absolute Gasteiger partial charge is 0.481 e. The minimum atomic E-state index is -0.940. The molecule has 12 heteroatoms. The van der Waals surface area contributed by atoms with Gasteiger partial charge in [-0.1, -0.05) is 0 Å². The van der Waals surface area contributed by atoms with Crippen LogP contribution in [0.3, 0.4) is 0 Å². The lowest BCUT2D eigenvalue weighted by atomic mass is 10.1. The molecule has 0 spiro atoms. The summed E-state index contributed by atoms with van der Waals surface area (Å²) in [6, 6.07) is 2.33. The topological polar surface area (TPSA) is 126 Å². The number of aliphatic hydroxyl groups excluding tert-OH is 1. The van der Waals surface area contributed by atoms with Crippen molar-refractivity contribution in [2.24, 2.45) is 0 Å². The molecule has 1 unspecified atom stereocenters. The Morgan fingerprint density at radius 3 is 2.31 bits per heavy atom. The molecule has 2 fully saturated rings. The Bertz CT molecular complexity index is 872. The van der Waals surface area contributed by atoms with E-state index in [4.69, 9.17) is 15.3 Å². The smallest absolute Gasteiger partial charge is 0.410 e. The van der Waals surface area contributed by atoms with Gasteiger partial charge >= 0.3 is 12.1 Å². The van der Waals surface area contributed by atoms with Crippen LogP contribution in [0.1, 0.15) is 51.5 Å². The molecule has 2 aliphatic rings. The monoisotopic (exact) mass is 532 g/mol. The molecule has 0 radical (unpaired) electrons. The first kappa shape index (κ1) is 31.7. The predicted molar refractivity (Wildman–Crippen MR) is 139 cm³/mol. The maximum atomic E-state index is 14.2. The highest BCUT2D eigenvalue weighted by Gasteiger charge is 2.23. The quantitative estimate of drug-likeness (QED) is 0.314. The Kier molecular flexibility index (Phi) is 13.8. The summed E-state index contributed by atoms with van der Waals surface area (Å²) in [7, 11) is 0. The molecule has 2 saturated heterocycles. The number of aliphatic hydroxyl groups is 1. The number of nitrogens with one attached hydrogen (secondary N) is 2. The van der Waals surface area contributed by atoms with Crippen molar-refractivity contribution >= 4 is 33.4 Å². The van der Waals surface area contributed by atoms with Gasteiger partial charge in [-0.3, -0.25) is 4.79 Å². The first-order chi connectivity index (χ1) is 16.6. The zero-order valence-electron chi connectivity index (χ0n) is 21.1. The van der Waals surface area contributed by atoms with E-state index in [1.54, 1.807) is 9.80 Å². The summed E-state index contributed by atoms with van der Waals surface area (Å²) in [6.45, 7) is 6.19. The van der Waals surface area contributed by atoms with E-state index in [0.29, 0.717) is 57.6 Å². The first-order valence-corrected chi connectivity index (χ1v) is 11.9. The average molecular weight is 533 g/mol. The molecule has 1 aromatic carbocycles. The highest BCUT2D eigenvalue weighted by Crippen LogP contribution is 2.25. The van der Waals surface area contributed by atoms with Crippen LogP contribution in [-0.4, -0.2) is 77.8 Å². The number of hydrogen-bond donors (Lipinski definition) is 4. The Morgan fingerprint density at radius 1 is 1.14 bits per heavy atom. The number of carbonyl (C=O) groups excluding carboxylic acids is 1. The summed E-state index contributed by atoms with van der Waals surface area (Å²) >= 11 is 0. The van der Waals surface area contributed by atoms with E-state index in [9.17, 15) is 23.5 Å². The van der Waals surface area contributed by atoms with Gasteiger partial charge in [0.25, 0.3) is 0 Å². The first-order valence-electron chi connectivity index (χ1n) is 11.9. The Balaban J connectivity index is 0.000000397. The number of amides is 1. The number of aliphatic carboxylic acids is 1. The maximum absolute atomic E-state index is 14.2. The minimum Gasteiger partial charge on any atom is -0.481 e. The summed E-state index contributed by atoms with van der Waals surface area (Å²) in [5, 5.41) is 28.1. The number of likely N-dealkylation sites (tertiary alicyclic amines) is 1. The van der Waals surface area contributed by atoms with Crippen LogP contribution in [0, 0.1) is 17.0 Å². The molecule has 9 nitrogen and oxygen atoms in total. The molecule has 0 aromatic heterocycles. The molecule has 0 aliphatic carbocycles. The lowest BCUT2D eigenvalue weighted by molar-refractivity contribution is -0.136. The van der Waals surface area contributed by atoms with E-state index in [2.05, 4.69) is 5.32 Å². The van der Waals surface area contributed by atoms with Crippen molar-refractivity contribution in [3.8, 4) is 0 Å². The Morgan fingerprint density at radius 2 is 1.75 bits per heavy atom. The number of carbonyl (C=O) groups is 2. The number of benzene rings is 1. The second kappa shape index (κ2) is 15.7. The number of ether oxygens (including phenoxy) is 1. The van der Waals surface area contributed by atoms with Gasteiger partial charge in [0.15, 0.2) is 0 Å². The van der Waals surface area contributed by atoms with Gasteiger partial charge in [0.05, 0.1) is 24.3 Å². The van der Waals surface area contributed by atoms with Crippen LogP contribution in [-0.2, 0) is 16.1 Å². The average Bonchev–Trinajstić information content (AvgIpc) is 2.79. The van der Waals surface area contributed by atoms with Crippen LogP contribution < -0.4 is 10.2 Å². The Labute approximate surface area is 214 Å². The van der Waals surface area contributed by atoms with Crippen LogP contribution in [0.4, 0.5) is 19.3 Å². The fraction of sp³-hybridized carbons (Fsp3) is 0.625. The van der Waals surface area contributed by atoms with Crippen molar-refractivity contribution in [3.05, 3.63) is 29.3 Å². The van der Waals surface area contributed by atoms with Crippen LogP contribution in [0.15, 0.2) is 12.1 Å². The molecule has 0 bridgehead atoms. The summed E-state index contributed by atoms with van der Waals surface area (Å²) < 4.78 is 33.3. The SMILES string of the molecule is CC(C)OC(=O)N1CCC(O)CC1.N=C1CCN(c2cc(F)c(CNCCC(=O)O)cc2F)CC1.P. The number of halogens is 2. The van der Waals surface area contributed by atoms with Gasteiger partial charge in [-0.25, -0.2) is 13.6 Å². The second-order valence-electron chi connectivity index (χ2n) is 8.96. The molecule has 1 atom stereocenters. The third-order valence-electron chi connectivity index (χ3n) is 5.71. The van der Waals surface area contributed by atoms with E-state index in [0.717, 1.165) is 6.07 Å². The number of piperidine rings is 2. The maximum Gasteiger partial charge on any atom is 0.410 e. The third kappa shape index (κ3) is 10.7. The number of anilines is 1. The van der Waals surface area contributed by atoms with Crippen molar-refractivity contribution in [2.75, 3.05) is 37.6 Å². The molecule has 36 heavy (non-hydrogen) atoms. The number of nitrogens with zero attached hydrogens (tertiary/aromatic N) is 2. The van der Waals surface area contributed by atoms with Gasteiger partial charge in [0.1, 0.15) is 11.6 Å². The molecule has 1 amide bonds. The van der Waals surface area contributed by atoms with Crippen LogP contribution >= 0.6 is 9.90 Å². The number of hydrogen-bond acceptors (Lipinski definition) is 7. The van der Waals surface area contributed by atoms with Crippen LogP contribution in [0.25, 0.3) is 0 Å². The standard InChI is InChI=1S/C15H19F2N3O2.C9H17NO3.H3P/c16-12-8-14(20-5-2-11(18)3-6-20)13(17)7-10(12)9-19-4-1-15(21)22;1-7(2)13-9(12)10-5-3-8(11)4-6-10;/h7-8,18-19H,1-6,9H2,(H,21,22);7-8,11H,3-6H2,1-2H3;1H3. The van der Waals surface area contributed by atoms with Crippen molar-refractivity contribution in [1.82, 2.24) is 10.2 Å². The Hall–Kier alpha value is -2.36. The van der Waals surface area contributed by atoms with Gasteiger partial charge < -0.3 is 35.5 Å². The minimum absolute atomic E-state index is 0. The fourth-order valence-corrected chi connectivity index (χ4v) is 3.72. The molecule has 204 valence electrons. The van der Waals surface area contributed by atoms with E-state index in [-0.39, 0.29) is 59.0 Å². The number of carboxylic acids is 1. The molecule has 2 heterocycles. The van der Waals surface area contributed by atoms with Gasteiger partial charge in [-0.05, 0) is 32.8 Å². The number of rotatable bonds is 7. The van der Waals surface area contributed by atoms with Gasteiger partial charge in [0, 0.05) is 69.5 Å². The molecular formula is C24H39F2N4O5P. The molecule has 1 aromatic rings. The van der Waals surface area contributed by atoms with E-state index in [1.807, 2.05) is 13.8 Å². The highest BCUT2D eigenvalue weighted by molar-refractivity contribution is 6.92. The predicted octanol–water partition coefficient (Wildman–Crippen LogP) is 3.20.